The molecule has 35 heavy (non-hydrogen) atoms. The summed E-state index contributed by atoms with van der Waals surface area (Å²) in [4.78, 5) is 19.8. The normalized spacial score (nSPS) is 15.0. The number of halogens is 3. The molecule has 1 fully saturated rings. The maximum Gasteiger partial charge on any atom is 0.417 e. The molecular weight excluding hydrogens is 453 g/mol. The summed E-state index contributed by atoms with van der Waals surface area (Å²) in [5, 5.41) is 4.75. The van der Waals surface area contributed by atoms with Crippen molar-refractivity contribution in [1.82, 2.24) is 19.7 Å². The number of rotatable bonds is 4. The van der Waals surface area contributed by atoms with Gasteiger partial charge in [0.25, 0.3) is 5.91 Å². The predicted molar refractivity (Wildman–Crippen MR) is 128 cm³/mol. The second kappa shape index (κ2) is 9.17. The molecule has 0 bridgehead atoms. The third-order valence-electron chi connectivity index (χ3n) is 6.71. The highest BCUT2D eigenvalue weighted by Gasteiger charge is 2.34. The third-order valence-corrected chi connectivity index (χ3v) is 6.71. The minimum absolute atomic E-state index is 0.0567. The summed E-state index contributed by atoms with van der Waals surface area (Å²) in [5.74, 6) is 0.292. The molecule has 0 radical (unpaired) electrons. The molecule has 3 heterocycles. The molecular formula is C27H25F3N4O. The molecule has 1 saturated heterocycles. The smallest absolute Gasteiger partial charge is 0.339 e. The van der Waals surface area contributed by atoms with Crippen LogP contribution in [0.15, 0.2) is 66.9 Å². The molecule has 1 aliphatic heterocycles. The number of carbonyl (C=O) groups is 1. The van der Waals surface area contributed by atoms with E-state index in [0.717, 1.165) is 25.3 Å². The zero-order chi connectivity index (χ0) is 24.6. The average molecular weight is 479 g/mol. The second-order valence-electron chi connectivity index (χ2n) is 9.03. The zero-order valence-electron chi connectivity index (χ0n) is 19.3. The fourth-order valence-corrected chi connectivity index (χ4v) is 4.84. The Hall–Kier alpha value is -3.68. The Morgan fingerprint density at radius 3 is 2.43 bits per heavy atom. The van der Waals surface area contributed by atoms with E-state index < -0.39 is 11.7 Å². The van der Waals surface area contributed by atoms with Crippen LogP contribution in [-0.4, -0.2) is 38.7 Å². The Bertz CT molecular complexity index is 1360. The summed E-state index contributed by atoms with van der Waals surface area (Å²) >= 11 is 0. The molecule has 8 heteroatoms. The largest absolute Gasteiger partial charge is 0.417 e. The SMILES string of the molecule is Cn1ncc2c(C(=O)N3CCC(Cc4ccccc4)CC3)cc(-c3ccccc3C(F)(F)F)nc21. The summed E-state index contributed by atoms with van der Waals surface area (Å²) in [7, 11) is 1.66. The van der Waals surface area contributed by atoms with Crippen LogP contribution in [0.5, 0.6) is 0 Å². The van der Waals surface area contributed by atoms with Crippen molar-refractivity contribution < 1.29 is 18.0 Å². The van der Waals surface area contributed by atoms with E-state index in [4.69, 9.17) is 0 Å². The molecule has 2 aromatic carbocycles. The molecule has 0 N–H and O–H groups in total. The first-order valence-corrected chi connectivity index (χ1v) is 11.6. The molecule has 180 valence electrons. The zero-order valence-corrected chi connectivity index (χ0v) is 19.3. The van der Waals surface area contributed by atoms with Crippen LogP contribution in [0.1, 0.15) is 34.3 Å². The number of aromatic nitrogens is 3. The van der Waals surface area contributed by atoms with E-state index in [2.05, 4.69) is 22.2 Å². The van der Waals surface area contributed by atoms with E-state index in [1.807, 2.05) is 18.2 Å². The third kappa shape index (κ3) is 4.65. The number of amides is 1. The van der Waals surface area contributed by atoms with E-state index >= 15 is 0 Å². The van der Waals surface area contributed by atoms with Crippen molar-refractivity contribution in [2.24, 2.45) is 13.0 Å². The number of hydrogen-bond acceptors (Lipinski definition) is 3. The van der Waals surface area contributed by atoms with Crippen LogP contribution in [0.4, 0.5) is 13.2 Å². The first-order chi connectivity index (χ1) is 16.8. The predicted octanol–water partition coefficient (Wildman–Crippen LogP) is 5.75. The van der Waals surface area contributed by atoms with Crippen LogP contribution in [-0.2, 0) is 19.6 Å². The van der Waals surface area contributed by atoms with Gasteiger partial charge in [-0.3, -0.25) is 9.48 Å². The van der Waals surface area contributed by atoms with Crippen molar-refractivity contribution in [3.63, 3.8) is 0 Å². The van der Waals surface area contributed by atoms with Crippen molar-refractivity contribution >= 4 is 16.9 Å². The summed E-state index contributed by atoms with van der Waals surface area (Å²) in [6.07, 6.45) is -0.248. The van der Waals surface area contributed by atoms with E-state index in [-0.39, 0.29) is 17.2 Å². The molecule has 5 nitrogen and oxygen atoms in total. The van der Waals surface area contributed by atoms with Gasteiger partial charge in [0.1, 0.15) is 0 Å². The van der Waals surface area contributed by atoms with Crippen LogP contribution in [0, 0.1) is 5.92 Å². The Morgan fingerprint density at radius 2 is 1.71 bits per heavy atom. The van der Waals surface area contributed by atoms with Crippen molar-refractivity contribution in [3.8, 4) is 11.3 Å². The molecule has 0 saturated carbocycles. The highest BCUT2D eigenvalue weighted by Crippen LogP contribution is 2.37. The number of likely N-dealkylation sites (tertiary alicyclic amines) is 1. The van der Waals surface area contributed by atoms with Gasteiger partial charge in [-0.05, 0) is 42.9 Å². The monoisotopic (exact) mass is 478 g/mol. The van der Waals surface area contributed by atoms with Gasteiger partial charge in [0.05, 0.1) is 28.4 Å². The van der Waals surface area contributed by atoms with Gasteiger partial charge in [-0.15, -0.1) is 0 Å². The molecule has 4 aromatic rings. The Balaban J connectivity index is 1.45. The van der Waals surface area contributed by atoms with Gasteiger partial charge < -0.3 is 4.90 Å². The number of fused-ring (bicyclic) bond motifs is 1. The van der Waals surface area contributed by atoms with Gasteiger partial charge >= 0.3 is 6.18 Å². The highest BCUT2D eigenvalue weighted by molar-refractivity contribution is 6.06. The number of benzene rings is 2. The van der Waals surface area contributed by atoms with Gasteiger partial charge in [-0.2, -0.15) is 18.3 Å². The van der Waals surface area contributed by atoms with Crippen LogP contribution in [0.3, 0.4) is 0 Å². The number of piperidine rings is 1. The molecule has 5 rings (SSSR count). The van der Waals surface area contributed by atoms with E-state index in [9.17, 15) is 18.0 Å². The molecule has 0 aliphatic carbocycles. The molecule has 0 atom stereocenters. The van der Waals surface area contributed by atoms with Crippen molar-refractivity contribution in [2.45, 2.75) is 25.4 Å². The maximum absolute atomic E-state index is 13.7. The van der Waals surface area contributed by atoms with Crippen LogP contribution < -0.4 is 0 Å². The van der Waals surface area contributed by atoms with Crippen molar-refractivity contribution in [1.29, 1.82) is 0 Å². The van der Waals surface area contributed by atoms with Crippen LogP contribution in [0.2, 0.25) is 0 Å². The molecule has 0 unspecified atom stereocenters. The topological polar surface area (TPSA) is 51.0 Å². The van der Waals surface area contributed by atoms with E-state index in [1.54, 1.807) is 24.2 Å². The quantitative estimate of drug-likeness (QED) is 0.375. The highest BCUT2D eigenvalue weighted by atomic mass is 19.4. The maximum atomic E-state index is 13.7. The molecule has 1 amide bonds. The Kier molecular flexibility index (Phi) is 6.05. The molecule has 2 aromatic heterocycles. The first kappa shape index (κ1) is 23.1. The Morgan fingerprint density at radius 1 is 1.03 bits per heavy atom. The number of hydrogen-bond donors (Lipinski definition) is 0. The van der Waals surface area contributed by atoms with E-state index in [0.29, 0.717) is 35.6 Å². The fraction of sp³-hybridized carbons (Fsp3) is 0.296. The summed E-state index contributed by atoms with van der Waals surface area (Å²) < 4.78 is 42.6. The van der Waals surface area contributed by atoms with Gasteiger partial charge in [0.2, 0.25) is 0 Å². The minimum atomic E-state index is -4.54. The van der Waals surface area contributed by atoms with E-state index in [1.165, 1.54) is 28.4 Å². The second-order valence-corrected chi connectivity index (χ2v) is 9.03. The standard InChI is InChI=1S/C27H25F3N4O/c1-33-25-22(17-31-33)21(16-24(32-25)20-9-5-6-10-23(20)27(28,29)30)26(35)34-13-11-19(12-14-34)15-18-7-3-2-4-8-18/h2-10,16-17,19H,11-15H2,1H3. The number of pyridine rings is 1. The lowest BCUT2D eigenvalue weighted by Gasteiger charge is -2.32. The van der Waals surface area contributed by atoms with Gasteiger partial charge in [-0.25, -0.2) is 4.98 Å². The lowest BCUT2D eigenvalue weighted by Crippen LogP contribution is -2.39. The summed E-state index contributed by atoms with van der Waals surface area (Å²) in [6.45, 7) is 1.21. The first-order valence-electron chi connectivity index (χ1n) is 11.6. The van der Waals surface area contributed by atoms with Crippen molar-refractivity contribution in [2.75, 3.05) is 13.1 Å². The average Bonchev–Trinajstić information content (AvgIpc) is 3.24. The number of aryl methyl sites for hydroxylation is 1. The number of carbonyl (C=O) groups excluding carboxylic acids is 1. The van der Waals surface area contributed by atoms with Gasteiger partial charge in [-0.1, -0.05) is 48.5 Å². The minimum Gasteiger partial charge on any atom is -0.339 e. The fourth-order valence-electron chi connectivity index (χ4n) is 4.84. The lowest BCUT2D eigenvalue weighted by atomic mass is 9.90. The Labute approximate surface area is 201 Å². The van der Waals surface area contributed by atoms with Gasteiger partial charge in [0, 0.05) is 25.7 Å². The summed E-state index contributed by atoms with van der Waals surface area (Å²) in [5.41, 5.74) is 1.26. The van der Waals surface area contributed by atoms with Crippen molar-refractivity contribution in [3.05, 3.63) is 83.6 Å². The number of alkyl halides is 3. The van der Waals surface area contributed by atoms with Crippen LogP contribution in [0.25, 0.3) is 22.3 Å². The van der Waals surface area contributed by atoms with Crippen LogP contribution >= 0.6 is 0 Å². The summed E-state index contributed by atoms with van der Waals surface area (Å²) in [6, 6.07) is 17.1. The number of nitrogens with zero attached hydrogens (tertiary/aromatic N) is 4. The van der Waals surface area contributed by atoms with Gasteiger partial charge in [0.15, 0.2) is 5.65 Å². The molecule has 1 aliphatic rings. The molecule has 0 spiro atoms. The lowest BCUT2D eigenvalue weighted by molar-refractivity contribution is -0.137.